The summed E-state index contributed by atoms with van der Waals surface area (Å²) in [5.41, 5.74) is 1.14. The molecule has 0 saturated heterocycles. The van der Waals surface area contributed by atoms with Crippen LogP contribution in [-0.2, 0) is 22.5 Å². The number of carbonyl (C=O) groups excluding carboxylic acids is 1. The van der Waals surface area contributed by atoms with E-state index < -0.39 is 0 Å². The molecule has 0 atom stereocenters. The van der Waals surface area contributed by atoms with Crippen molar-refractivity contribution in [1.29, 1.82) is 0 Å². The van der Waals surface area contributed by atoms with Crippen molar-refractivity contribution in [3.63, 3.8) is 0 Å². The summed E-state index contributed by atoms with van der Waals surface area (Å²) in [6.45, 7) is 2.31. The minimum absolute atomic E-state index is 0.00965. The normalized spacial score (nSPS) is 10.9. The fourth-order valence-corrected chi connectivity index (χ4v) is 3.15. The Labute approximate surface area is 163 Å². The average molecular weight is 436 g/mol. The van der Waals surface area contributed by atoms with Gasteiger partial charge in [-0.3, -0.25) is 9.59 Å². The Morgan fingerprint density at radius 2 is 1.96 bits per heavy atom. The molecule has 134 valence electrons. The number of aromatic nitrogens is 2. The Morgan fingerprint density at radius 3 is 2.65 bits per heavy atom. The van der Waals surface area contributed by atoms with Crippen molar-refractivity contribution in [2.45, 2.75) is 19.9 Å². The fraction of sp³-hybridized carbons (Fsp3) is 0.211. The van der Waals surface area contributed by atoms with E-state index in [1.54, 1.807) is 31.2 Å². The number of rotatable bonds is 5. The number of esters is 1. The number of ether oxygens (including phenoxy) is 1. The van der Waals surface area contributed by atoms with Gasteiger partial charge in [0, 0.05) is 9.86 Å². The summed E-state index contributed by atoms with van der Waals surface area (Å²) in [7, 11) is 0. The van der Waals surface area contributed by atoms with Crippen LogP contribution in [0.15, 0.2) is 51.7 Å². The van der Waals surface area contributed by atoms with Crippen LogP contribution in [0.25, 0.3) is 10.8 Å². The maximum absolute atomic E-state index is 12.8. The van der Waals surface area contributed by atoms with Gasteiger partial charge in [-0.2, -0.15) is 5.10 Å². The monoisotopic (exact) mass is 434 g/mol. The molecule has 0 aliphatic heterocycles. The fourth-order valence-electron chi connectivity index (χ4n) is 2.70. The number of hydrogen-bond donors (Lipinski definition) is 0. The van der Waals surface area contributed by atoms with Gasteiger partial charge < -0.3 is 4.74 Å². The largest absolute Gasteiger partial charge is 0.466 e. The van der Waals surface area contributed by atoms with Crippen LogP contribution < -0.4 is 5.56 Å². The number of fused-ring (bicyclic) bond motifs is 1. The van der Waals surface area contributed by atoms with E-state index in [0.717, 1.165) is 10.0 Å². The molecule has 0 fully saturated rings. The second-order valence-electron chi connectivity index (χ2n) is 5.69. The van der Waals surface area contributed by atoms with Crippen LogP contribution in [0, 0.1) is 0 Å². The van der Waals surface area contributed by atoms with Crippen LogP contribution in [0.2, 0.25) is 5.02 Å². The molecule has 1 aromatic heterocycles. The van der Waals surface area contributed by atoms with Crippen LogP contribution in [-0.4, -0.2) is 22.4 Å². The summed E-state index contributed by atoms with van der Waals surface area (Å²) in [6.07, 6.45) is 0.00965. The molecule has 0 radical (unpaired) electrons. The quantitative estimate of drug-likeness (QED) is 0.569. The smallest absolute Gasteiger partial charge is 0.311 e. The minimum atomic E-state index is -0.373. The van der Waals surface area contributed by atoms with Gasteiger partial charge in [-0.1, -0.05) is 35.9 Å². The highest BCUT2D eigenvalue weighted by molar-refractivity contribution is 9.10. The molecular weight excluding hydrogens is 420 g/mol. The first kappa shape index (κ1) is 18.6. The third-order valence-corrected chi connectivity index (χ3v) is 5.11. The molecule has 3 aromatic rings. The van der Waals surface area contributed by atoms with Crippen molar-refractivity contribution in [1.82, 2.24) is 9.78 Å². The van der Waals surface area contributed by atoms with E-state index in [2.05, 4.69) is 21.0 Å². The van der Waals surface area contributed by atoms with Crippen LogP contribution in [0.3, 0.4) is 0 Å². The second-order valence-corrected chi connectivity index (χ2v) is 6.95. The topological polar surface area (TPSA) is 61.2 Å². The Kier molecular flexibility index (Phi) is 5.74. The molecule has 2 aromatic carbocycles. The zero-order chi connectivity index (χ0) is 18.7. The molecule has 0 unspecified atom stereocenters. The van der Waals surface area contributed by atoms with Gasteiger partial charge in [0.25, 0.3) is 5.56 Å². The molecule has 0 N–H and O–H groups in total. The molecule has 0 spiro atoms. The van der Waals surface area contributed by atoms with Crippen LogP contribution in [0.1, 0.15) is 18.2 Å². The molecule has 0 bridgehead atoms. The third-order valence-electron chi connectivity index (χ3n) is 3.88. The van der Waals surface area contributed by atoms with E-state index in [1.807, 2.05) is 18.2 Å². The lowest BCUT2D eigenvalue weighted by atomic mass is 10.1. The van der Waals surface area contributed by atoms with Gasteiger partial charge >= 0.3 is 5.97 Å². The lowest BCUT2D eigenvalue weighted by Gasteiger charge is -2.11. The number of benzene rings is 2. The molecule has 0 aliphatic carbocycles. The van der Waals surface area contributed by atoms with Crippen LogP contribution >= 0.6 is 27.5 Å². The molecule has 0 amide bonds. The molecule has 0 saturated carbocycles. The van der Waals surface area contributed by atoms with Crippen molar-refractivity contribution in [2.24, 2.45) is 0 Å². The highest BCUT2D eigenvalue weighted by Crippen LogP contribution is 2.23. The minimum Gasteiger partial charge on any atom is -0.466 e. The van der Waals surface area contributed by atoms with E-state index >= 15 is 0 Å². The predicted molar refractivity (Wildman–Crippen MR) is 105 cm³/mol. The van der Waals surface area contributed by atoms with Gasteiger partial charge in [0.2, 0.25) is 0 Å². The summed E-state index contributed by atoms with van der Waals surface area (Å²) in [4.78, 5) is 24.7. The lowest BCUT2D eigenvalue weighted by molar-refractivity contribution is -0.142. The summed E-state index contributed by atoms with van der Waals surface area (Å²) in [6, 6.07) is 12.6. The van der Waals surface area contributed by atoms with Gasteiger partial charge in [0.05, 0.1) is 35.7 Å². The van der Waals surface area contributed by atoms with E-state index in [9.17, 15) is 9.59 Å². The second kappa shape index (κ2) is 8.01. The van der Waals surface area contributed by atoms with Crippen molar-refractivity contribution >= 4 is 44.3 Å². The van der Waals surface area contributed by atoms with Crippen molar-refractivity contribution in [3.05, 3.63) is 73.6 Å². The van der Waals surface area contributed by atoms with Gasteiger partial charge in [0.15, 0.2) is 0 Å². The Balaban J connectivity index is 2.07. The maximum atomic E-state index is 12.8. The predicted octanol–water partition coefficient (Wildman–Crippen LogP) is 3.97. The number of halogens is 2. The summed E-state index contributed by atoms with van der Waals surface area (Å²) in [5, 5.41) is 6.16. The Morgan fingerprint density at radius 1 is 1.23 bits per heavy atom. The third kappa shape index (κ3) is 3.97. The van der Waals surface area contributed by atoms with E-state index in [4.69, 9.17) is 16.3 Å². The number of carbonyl (C=O) groups is 1. The molecule has 26 heavy (non-hydrogen) atoms. The molecule has 5 nitrogen and oxygen atoms in total. The van der Waals surface area contributed by atoms with Gasteiger partial charge in [-0.25, -0.2) is 4.68 Å². The van der Waals surface area contributed by atoms with E-state index in [1.165, 1.54) is 4.68 Å². The average Bonchev–Trinajstić information content (AvgIpc) is 2.62. The van der Waals surface area contributed by atoms with E-state index in [-0.39, 0.29) is 24.5 Å². The van der Waals surface area contributed by atoms with Gasteiger partial charge in [0.1, 0.15) is 0 Å². The number of hydrogen-bond acceptors (Lipinski definition) is 4. The van der Waals surface area contributed by atoms with Crippen molar-refractivity contribution in [2.75, 3.05) is 6.61 Å². The standard InChI is InChI=1S/C19H16BrClN2O3/c1-2-26-18(24)10-17-13-5-3-4-6-14(13)19(25)23(22-17)11-12-7-8-15(20)16(21)9-12/h3-9H,2,10-11H2,1H3. The highest BCUT2D eigenvalue weighted by atomic mass is 79.9. The molecule has 1 heterocycles. The first-order chi connectivity index (χ1) is 12.5. The van der Waals surface area contributed by atoms with Crippen LogP contribution in [0.5, 0.6) is 0 Å². The summed E-state index contributed by atoms with van der Waals surface area (Å²) < 4.78 is 7.16. The summed E-state index contributed by atoms with van der Waals surface area (Å²) in [5.74, 6) is -0.373. The lowest BCUT2D eigenvalue weighted by Crippen LogP contribution is -2.26. The first-order valence-corrected chi connectivity index (χ1v) is 9.25. The number of nitrogens with zero attached hydrogens (tertiary/aromatic N) is 2. The van der Waals surface area contributed by atoms with Gasteiger partial charge in [-0.05, 0) is 46.6 Å². The molecular formula is C19H16BrClN2O3. The Bertz CT molecular complexity index is 1030. The zero-order valence-electron chi connectivity index (χ0n) is 14.0. The molecule has 7 heteroatoms. The Hall–Kier alpha value is -2.18. The maximum Gasteiger partial charge on any atom is 0.311 e. The zero-order valence-corrected chi connectivity index (χ0v) is 16.4. The first-order valence-electron chi connectivity index (χ1n) is 8.08. The van der Waals surface area contributed by atoms with Crippen molar-refractivity contribution < 1.29 is 9.53 Å². The SMILES string of the molecule is CCOC(=O)Cc1nn(Cc2ccc(Br)c(Cl)c2)c(=O)c2ccccc12. The van der Waals surface area contributed by atoms with Gasteiger partial charge in [-0.15, -0.1) is 0 Å². The highest BCUT2D eigenvalue weighted by Gasteiger charge is 2.14. The van der Waals surface area contributed by atoms with Crippen LogP contribution in [0.4, 0.5) is 0 Å². The summed E-state index contributed by atoms with van der Waals surface area (Å²) >= 11 is 9.48. The molecule has 0 aliphatic rings. The van der Waals surface area contributed by atoms with Crippen molar-refractivity contribution in [3.8, 4) is 0 Å². The molecule has 3 rings (SSSR count). The van der Waals surface area contributed by atoms with E-state index in [0.29, 0.717) is 28.1 Å².